The third-order valence-electron chi connectivity index (χ3n) is 24.5. The molecule has 16 rings (SSSR count). The first kappa shape index (κ1) is 86.2. The molecule has 0 aromatic heterocycles. The summed E-state index contributed by atoms with van der Waals surface area (Å²) < 4.78 is 71.1. The molecule has 21 atom stereocenters. The first-order valence-corrected chi connectivity index (χ1v) is 42.2. The summed E-state index contributed by atoms with van der Waals surface area (Å²) in [4.78, 5) is 90.0. The number of benzene rings is 4. The van der Waals surface area contributed by atoms with Crippen LogP contribution in [-0.4, -0.2) is 149 Å². The molecule has 8 heterocycles. The molecule has 0 amide bonds. The molecule has 9 unspecified atom stereocenters. The SMILES string of the molecule is Cc1cc(C)c2c(c1)C1CC1C[C@@H]1OC(C)(C)O[C@@H]1C(=O)/C=C/C[C@H](C)OC2=O.Cc1cc(C)c2c(c1)C1CC1C[C@@H]1OC(C)(C)O[C@@H]1C(=O)/C=C\C[C@H](C)OC2=O.Cc1cc(C)c2c(c1)C1CC1C[C@@H]1OC(C)(C)O[C@@H]1C(=O)/C=C\C[C@H](C)OC2=O.Cc1cc(C)c2c(c1)C1CC1C[C@@H]1OC(C)(C)O[C@@H]1C(O)/C=C\C[C@H](C)OC2=O. The van der Waals surface area contributed by atoms with Crippen molar-refractivity contribution in [3.63, 3.8) is 0 Å². The summed E-state index contributed by atoms with van der Waals surface area (Å²) in [5.41, 5.74) is 15.6. The van der Waals surface area contributed by atoms with E-state index in [0.717, 1.165) is 124 Å². The van der Waals surface area contributed by atoms with E-state index in [1.165, 1.54) is 0 Å². The van der Waals surface area contributed by atoms with Crippen LogP contribution in [0, 0.1) is 79.1 Å². The lowest BCUT2D eigenvalue weighted by Gasteiger charge is -2.21. The third kappa shape index (κ3) is 20.4. The van der Waals surface area contributed by atoms with Gasteiger partial charge in [0, 0.05) is 25.7 Å². The number of cyclic esters (lactones) is 4. The van der Waals surface area contributed by atoms with Crippen molar-refractivity contribution in [1.82, 2.24) is 0 Å². The third-order valence-corrected chi connectivity index (χ3v) is 24.5. The highest BCUT2D eigenvalue weighted by molar-refractivity contribution is 5.98. The summed E-state index contributed by atoms with van der Waals surface area (Å²) >= 11 is 0. The normalized spacial score (nSPS) is 35.6. The molecule has 0 spiro atoms. The zero-order valence-electron chi connectivity index (χ0n) is 71.6. The van der Waals surface area contributed by atoms with Crippen LogP contribution >= 0.6 is 0 Å². The van der Waals surface area contributed by atoms with Crippen molar-refractivity contribution in [2.45, 2.75) is 342 Å². The summed E-state index contributed by atoms with van der Waals surface area (Å²) in [7, 11) is 0. The fourth-order valence-corrected chi connectivity index (χ4v) is 19.2. The number of aliphatic hydroxyl groups is 1. The molecule has 20 heteroatoms. The molecule has 4 saturated carbocycles. The number of carbonyl (C=O) groups excluding carboxylic acids is 7. The van der Waals surface area contributed by atoms with Crippen LogP contribution in [0.25, 0.3) is 0 Å². The molecule has 116 heavy (non-hydrogen) atoms. The first-order chi connectivity index (χ1) is 54.6. The van der Waals surface area contributed by atoms with E-state index in [0.29, 0.717) is 72.0 Å². The summed E-state index contributed by atoms with van der Waals surface area (Å²) in [6.45, 7) is 38.5. The van der Waals surface area contributed by atoms with Gasteiger partial charge in [-0.2, -0.15) is 0 Å². The van der Waals surface area contributed by atoms with Crippen molar-refractivity contribution >= 4 is 41.2 Å². The van der Waals surface area contributed by atoms with Crippen molar-refractivity contribution in [2.75, 3.05) is 0 Å². The maximum absolute atomic E-state index is 13.0. The molecule has 4 aromatic rings. The molecule has 12 aliphatic rings. The Morgan fingerprint density at radius 1 is 0.310 bits per heavy atom. The summed E-state index contributed by atoms with van der Waals surface area (Å²) in [5, 5.41) is 10.7. The largest absolute Gasteiger partial charge is 0.459 e. The minimum absolute atomic E-state index is 0.0829. The average molecular weight is 1600 g/mol. The van der Waals surface area contributed by atoms with Crippen LogP contribution in [-0.2, 0) is 71.2 Å². The van der Waals surface area contributed by atoms with E-state index in [9.17, 15) is 38.7 Å². The van der Waals surface area contributed by atoms with Crippen LogP contribution in [0.1, 0.15) is 292 Å². The maximum Gasteiger partial charge on any atom is 0.338 e. The predicted octanol–water partition coefficient (Wildman–Crippen LogP) is 17.4. The number of hydrogen-bond donors (Lipinski definition) is 1. The van der Waals surface area contributed by atoms with Crippen molar-refractivity contribution in [2.24, 2.45) is 23.7 Å². The van der Waals surface area contributed by atoms with E-state index >= 15 is 0 Å². The quantitative estimate of drug-likeness (QED) is 0.0975. The molecule has 4 saturated heterocycles. The van der Waals surface area contributed by atoms with E-state index in [4.69, 9.17) is 56.8 Å². The number of hydrogen-bond acceptors (Lipinski definition) is 20. The number of esters is 4. The summed E-state index contributed by atoms with van der Waals surface area (Å²) in [6.07, 6.45) is 17.5. The summed E-state index contributed by atoms with van der Waals surface area (Å²) in [6, 6.07) is 16.6. The number of ether oxygens (including phenoxy) is 12. The van der Waals surface area contributed by atoms with Gasteiger partial charge in [0.15, 0.2) is 40.5 Å². The molecule has 1 N–H and O–H groups in total. The Morgan fingerprint density at radius 2 is 0.552 bits per heavy atom. The zero-order valence-corrected chi connectivity index (χ0v) is 71.6. The Labute approximate surface area is 684 Å². The van der Waals surface area contributed by atoms with Crippen LogP contribution < -0.4 is 0 Å². The van der Waals surface area contributed by atoms with E-state index in [2.05, 4.69) is 52.0 Å². The Kier molecular flexibility index (Phi) is 25.4. The van der Waals surface area contributed by atoms with Crippen LogP contribution in [0.5, 0.6) is 0 Å². The van der Waals surface area contributed by atoms with Gasteiger partial charge < -0.3 is 61.9 Å². The highest BCUT2D eigenvalue weighted by Crippen LogP contribution is 2.58. The fourth-order valence-electron chi connectivity index (χ4n) is 19.2. The summed E-state index contributed by atoms with van der Waals surface area (Å²) in [5.74, 6) is -1.65. The lowest BCUT2D eigenvalue weighted by Crippen LogP contribution is -2.34. The minimum atomic E-state index is -0.769. The molecule has 8 aliphatic heterocycles. The average Bonchev–Trinajstić information content (AvgIpc) is 1.62. The van der Waals surface area contributed by atoms with Gasteiger partial charge in [0.25, 0.3) is 0 Å². The topological polar surface area (TPSA) is 250 Å². The molecule has 4 aromatic carbocycles. The Hall–Kier alpha value is -7.63. The van der Waals surface area contributed by atoms with Gasteiger partial charge >= 0.3 is 23.9 Å². The second kappa shape index (κ2) is 34.2. The molecule has 20 nitrogen and oxygen atoms in total. The molecule has 4 aliphatic carbocycles. The number of rotatable bonds is 0. The Balaban J connectivity index is 0.000000135. The van der Waals surface area contributed by atoms with E-state index < -0.39 is 47.6 Å². The van der Waals surface area contributed by atoms with Gasteiger partial charge in [-0.05, 0) is 300 Å². The van der Waals surface area contributed by atoms with Crippen LogP contribution in [0.4, 0.5) is 0 Å². The Bertz CT molecular complexity index is 4230. The van der Waals surface area contributed by atoms with Crippen LogP contribution in [0.3, 0.4) is 0 Å². The number of aliphatic hydroxyl groups excluding tert-OH is 1. The molecular formula is C96H122O20. The van der Waals surface area contributed by atoms with Gasteiger partial charge in [0.05, 0.1) is 46.7 Å². The van der Waals surface area contributed by atoms with Gasteiger partial charge in [0.2, 0.25) is 0 Å². The second-order valence-electron chi connectivity index (χ2n) is 37.1. The van der Waals surface area contributed by atoms with Gasteiger partial charge in [-0.3, -0.25) is 14.4 Å². The fraction of sp³-hybridized carbons (Fsp3) is 0.594. The molecule has 8 fully saturated rings. The van der Waals surface area contributed by atoms with Gasteiger partial charge in [0.1, 0.15) is 54.9 Å². The Morgan fingerprint density at radius 3 is 0.828 bits per heavy atom. The standard InChI is InChI=1S/C24H32O5.3C24H30O5/c4*1-13-9-14(2)21-18(10-13)17-11-16(17)12-20-22(29-24(4,5)28-20)19(25)8-6-7-15(3)27-23(21)26/h6,8-10,15-17,19-20,22,25H,7,11-12H2,1-5H3;3*6,8-10,15-17,20,22H,7,11-12H2,1-5H3/b8-6-;8-6+;2*8-6-/t15-,16?,17?,19?,20-,22+;3*15-,16?,17?,20-,22+/m0000/s1. The van der Waals surface area contributed by atoms with Crippen LogP contribution in [0.2, 0.25) is 0 Å². The van der Waals surface area contributed by atoms with E-state index in [1.807, 2.05) is 141 Å². The monoisotopic (exact) mass is 1590 g/mol. The number of aryl methyl sites for hydroxylation is 8. The van der Waals surface area contributed by atoms with E-state index in [1.54, 1.807) is 42.5 Å². The van der Waals surface area contributed by atoms with Crippen molar-refractivity contribution in [1.29, 1.82) is 0 Å². The van der Waals surface area contributed by atoms with Gasteiger partial charge in [-0.1, -0.05) is 101 Å². The van der Waals surface area contributed by atoms with E-state index in [-0.39, 0.29) is 114 Å². The smallest absolute Gasteiger partial charge is 0.338 e. The van der Waals surface area contributed by atoms with Crippen molar-refractivity contribution < 1.29 is 95.5 Å². The second-order valence-corrected chi connectivity index (χ2v) is 37.1. The highest BCUT2D eigenvalue weighted by atomic mass is 16.8. The highest BCUT2D eigenvalue weighted by Gasteiger charge is 2.55. The molecular weight excluding hydrogens is 1470 g/mol. The molecule has 626 valence electrons. The van der Waals surface area contributed by atoms with Gasteiger partial charge in [-0.25, -0.2) is 19.2 Å². The first-order valence-electron chi connectivity index (χ1n) is 42.2. The number of ketones is 3. The zero-order chi connectivity index (χ0) is 83.7. The van der Waals surface area contributed by atoms with Crippen LogP contribution in [0.15, 0.2) is 97.1 Å². The minimum Gasteiger partial charge on any atom is -0.459 e. The molecule has 0 bridgehead atoms. The number of carbonyl (C=O) groups is 7. The maximum atomic E-state index is 13.0. The number of fused-ring (bicyclic) bond motifs is 16. The van der Waals surface area contributed by atoms with Crippen molar-refractivity contribution in [3.8, 4) is 0 Å². The van der Waals surface area contributed by atoms with Gasteiger partial charge in [-0.15, -0.1) is 0 Å². The van der Waals surface area contributed by atoms with Crippen molar-refractivity contribution in [3.05, 3.63) is 186 Å². The lowest BCUT2D eigenvalue weighted by atomic mass is 9.93. The lowest BCUT2D eigenvalue weighted by molar-refractivity contribution is -0.153. The predicted molar refractivity (Wildman–Crippen MR) is 436 cm³/mol. The molecule has 0 radical (unpaired) electrons.